The Kier molecular flexibility index (Phi) is 8.10. The van der Waals surface area contributed by atoms with Crippen molar-refractivity contribution >= 4 is 23.1 Å². The summed E-state index contributed by atoms with van der Waals surface area (Å²) in [5, 5.41) is 10.4. The molecule has 13 heteroatoms. The molecule has 1 aliphatic heterocycles. The molecule has 0 saturated carbocycles. The molecule has 0 aliphatic carbocycles. The van der Waals surface area contributed by atoms with Gasteiger partial charge in [-0.1, -0.05) is 17.6 Å². The number of anilines is 1. The summed E-state index contributed by atoms with van der Waals surface area (Å²) in [5.41, 5.74) is 1.11. The number of carbonyl (C=O) groups is 1. The van der Waals surface area contributed by atoms with Gasteiger partial charge in [0.1, 0.15) is 0 Å². The van der Waals surface area contributed by atoms with Crippen LogP contribution in [0.15, 0.2) is 21.2 Å². The highest BCUT2D eigenvalue weighted by Crippen LogP contribution is 2.20. The van der Waals surface area contributed by atoms with Gasteiger partial charge in [-0.2, -0.15) is 18.2 Å². The summed E-state index contributed by atoms with van der Waals surface area (Å²) in [6.07, 6.45) is 2.31. The van der Waals surface area contributed by atoms with Gasteiger partial charge in [-0.05, 0) is 13.8 Å². The fourth-order valence-electron chi connectivity index (χ4n) is 3.14. The van der Waals surface area contributed by atoms with Crippen LogP contribution < -0.4 is 21.5 Å². The summed E-state index contributed by atoms with van der Waals surface area (Å²) in [6.45, 7) is 7.78. The highest BCUT2D eigenvalue weighted by molar-refractivity contribution is 5.75. The van der Waals surface area contributed by atoms with Crippen molar-refractivity contribution in [1.82, 2.24) is 24.0 Å². The van der Waals surface area contributed by atoms with Crippen LogP contribution in [0.2, 0.25) is 0 Å². The Labute approximate surface area is 186 Å². The number of hydrogen-bond acceptors (Lipinski definition) is 6. The number of terminal acetylenes is 1. The van der Waals surface area contributed by atoms with Crippen molar-refractivity contribution in [2.75, 3.05) is 31.1 Å². The molecule has 180 valence electrons. The number of nitrogens with zero attached hydrogens (tertiary/aromatic N) is 5. The van der Waals surface area contributed by atoms with Crippen molar-refractivity contribution in [3.05, 3.63) is 32.5 Å². The largest absolute Gasteiger partial charge is 0.490 e. The number of allylic oxidation sites excluding steroid dienone is 2. The molecule has 10 nitrogen and oxygen atoms in total. The van der Waals surface area contributed by atoms with Crippen LogP contribution in [-0.4, -0.2) is 62.1 Å². The molecule has 0 bridgehead atoms. The molecule has 33 heavy (non-hydrogen) atoms. The number of piperazine rings is 1. The van der Waals surface area contributed by atoms with Crippen LogP contribution in [0.3, 0.4) is 0 Å². The fourth-order valence-corrected chi connectivity index (χ4v) is 3.14. The number of aryl methyl sites for hydroxylation is 1. The van der Waals surface area contributed by atoms with Crippen LogP contribution in [0.25, 0.3) is 11.2 Å². The van der Waals surface area contributed by atoms with E-state index in [4.69, 9.17) is 16.3 Å². The van der Waals surface area contributed by atoms with Gasteiger partial charge in [0, 0.05) is 39.8 Å². The molecule has 2 aromatic heterocycles. The molecule has 1 saturated heterocycles. The first kappa shape index (κ1) is 25.7. The average molecular weight is 470 g/mol. The maximum absolute atomic E-state index is 13.0. The van der Waals surface area contributed by atoms with Crippen LogP contribution in [0.5, 0.6) is 0 Å². The normalized spacial score (nSPS) is 13.8. The summed E-state index contributed by atoms with van der Waals surface area (Å²) in [5.74, 6) is 0.342. The van der Waals surface area contributed by atoms with Crippen molar-refractivity contribution in [3.63, 3.8) is 0 Å². The second-order valence-corrected chi connectivity index (χ2v) is 7.45. The number of nitrogens with one attached hydrogen (secondary N) is 1. The van der Waals surface area contributed by atoms with Gasteiger partial charge in [0.2, 0.25) is 5.95 Å². The van der Waals surface area contributed by atoms with Gasteiger partial charge >= 0.3 is 17.8 Å². The van der Waals surface area contributed by atoms with Gasteiger partial charge in [0.05, 0.1) is 6.54 Å². The second-order valence-electron chi connectivity index (χ2n) is 7.45. The van der Waals surface area contributed by atoms with Gasteiger partial charge in [-0.15, -0.1) is 6.42 Å². The SMILES string of the molecule is C#CCn1c(=O)c2c(nc(N3CCNCC3)n2CC=C(C)C)n(C)c1=O.O=C(O)C(F)(F)F. The number of alkyl halides is 3. The van der Waals surface area contributed by atoms with Gasteiger partial charge in [-0.3, -0.25) is 9.36 Å². The minimum absolute atomic E-state index is 0.0573. The Morgan fingerprint density at radius 1 is 1.24 bits per heavy atom. The number of aliphatic carboxylic acids is 1. The van der Waals surface area contributed by atoms with E-state index in [9.17, 15) is 22.8 Å². The molecule has 1 fully saturated rings. The smallest absolute Gasteiger partial charge is 0.475 e. The van der Waals surface area contributed by atoms with Crippen LogP contribution in [0.4, 0.5) is 19.1 Å². The molecule has 0 unspecified atom stereocenters. The Balaban J connectivity index is 0.000000479. The number of carboxylic acid groups (broad SMARTS) is 1. The van der Waals surface area contributed by atoms with E-state index in [1.165, 1.54) is 4.57 Å². The average Bonchev–Trinajstić information content (AvgIpc) is 3.14. The van der Waals surface area contributed by atoms with E-state index in [0.717, 1.165) is 36.3 Å². The maximum atomic E-state index is 13.0. The molecule has 1 aliphatic rings. The zero-order chi connectivity index (χ0) is 24.9. The molecular formula is C20H25F3N6O4. The van der Waals surface area contributed by atoms with E-state index in [1.807, 2.05) is 24.5 Å². The standard InChI is InChI=1S/C18H24N6O2.C2HF3O2/c1-5-9-24-16(25)14-15(21(4)18(24)26)20-17(22-11-7-19-8-12-22)23(14)10-6-13(2)3;3-2(4,5)1(6)7/h1,6,19H,7-12H2,2-4H3;(H,6,7). The first-order valence-electron chi connectivity index (χ1n) is 9.92. The summed E-state index contributed by atoms with van der Waals surface area (Å²) in [6, 6.07) is 0. The third-order valence-electron chi connectivity index (χ3n) is 4.79. The predicted octanol–water partition coefficient (Wildman–Crippen LogP) is 0.539. The van der Waals surface area contributed by atoms with Crippen molar-refractivity contribution < 1.29 is 23.1 Å². The number of hydrogen-bond donors (Lipinski definition) is 2. The van der Waals surface area contributed by atoms with E-state index in [-0.39, 0.29) is 6.54 Å². The van der Waals surface area contributed by atoms with Crippen molar-refractivity contribution in [2.45, 2.75) is 33.1 Å². The van der Waals surface area contributed by atoms with Gasteiger partial charge in [0.15, 0.2) is 11.2 Å². The van der Waals surface area contributed by atoms with E-state index < -0.39 is 23.4 Å². The molecule has 0 aromatic carbocycles. The summed E-state index contributed by atoms with van der Waals surface area (Å²) >= 11 is 0. The second kappa shape index (κ2) is 10.4. The van der Waals surface area contributed by atoms with E-state index in [1.54, 1.807) is 7.05 Å². The number of rotatable bonds is 4. The molecule has 0 radical (unpaired) electrons. The molecule has 0 spiro atoms. The Morgan fingerprint density at radius 3 is 2.30 bits per heavy atom. The van der Waals surface area contributed by atoms with Gasteiger partial charge in [0.25, 0.3) is 5.56 Å². The molecule has 3 rings (SSSR count). The van der Waals surface area contributed by atoms with Crippen molar-refractivity contribution in [1.29, 1.82) is 0 Å². The summed E-state index contributed by atoms with van der Waals surface area (Å²) in [4.78, 5) is 41.2. The molecule has 0 atom stereocenters. The zero-order valence-corrected chi connectivity index (χ0v) is 18.4. The van der Waals surface area contributed by atoms with Crippen LogP contribution in [0.1, 0.15) is 13.8 Å². The lowest BCUT2D eigenvalue weighted by molar-refractivity contribution is -0.192. The zero-order valence-electron chi connectivity index (χ0n) is 18.4. The molecule has 0 amide bonds. The number of carboxylic acids is 1. The molecular weight excluding hydrogens is 445 g/mol. The van der Waals surface area contributed by atoms with E-state index >= 15 is 0 Å². The lowest BCUT2D eigenvalue weighted by Crippen LogP contribution is -2.44. The van der Waals surface area contributed by atoms with Crippen LogP contribution in [-0.2, 0) is 24.9 Å². The molecule has 2 N–H and O–H groups in total. The number of aromatic nitrogens is 4. The first-order chi connectivity index (χ1) is 15.4. The summed E-state index contributed by atoms with van der Waals surface area (Å²) < 4.78 is 36.1. The molecule has 3 heterocycles. The lowest BCUT2D eigenvalue weighted by Gasteiger charge is -2.28. The van der Waals surface area contributed by atoms with Crippen molar-refractivity contribution in [3.8, 4) is 12.3 Å². The van der Waals surface area contributed by atoms with Crippen LogP contribution >= 0.6 is 0 Å². The quantitative estimate of drug-likeness (QED) is 0.495. The maximum Gasteiger partial charge on any atom is 0.490 e. The monoisotopic (exact) mass is 470 g/mol. The predicted molar refractivity (Wildman–Crippen MR) is 116 cm³/mol. The number of halogens is 3. The minimum Gasteiger partial charge on any atom is -0.475 e. The Hall–Kier alpha value is -3.53. The third-order valence-corrected chi connectivity index (χ3v) is 4.79. The Bertz CT molecular complexity index is 1210. The minimum atomic E-state index is -5.08. The highest BCUT2D eigenvalue weighted by atomic mass is 19.4. The van der Waals surface area contributed by atoms with Crippen molar-refractivity contribution in [2.24, 2.45) is 7.05 Å². The van der Waals surface area contributed by atoms with Gasteiger partial charge in [-0.25, -0.2) is 14.2 Å². The van der Waals surface area contributed by atoms with Gasteiger partial charge < -0.3 is 19.9 Å². The molecule has 2 aromatic rings. The first-order valence-corrected chi connectivity index (χ1v) is 9.92. The Morgan fingerprint density at radius 2 is 1.82 bits per heavy atom. The van der Waals surface area contributed by atoms with Crippen LogP contribution in [0, 0.1) is 12.3 Å². The topological polar surface area (TPSA) is 114 Å². The summed E-state index contributed by atoms with van der Waals surface area (Å²) in [7, 11) is 1.62. The number of fused-ring (bicyclic) bond motifs is 1. The third kappa shape index (κ3) is 5.83. The number of imidazole rings is 1. The van der Waals surface area contributed by atoms with E-state index in [0.29, 0.717) is 23.7 Å². The fraction of sp³-hybridized carbons (Fsp3) is 0.500. The lowest BCUT2D eigenvalue weighted by atomic mass is 10.3. The highest BCUT2D eigenvalue weighted by Gasteiger charge is 2.38. The van der Waals surface area contributed by atoms with E-state index in [2.05, 4.69) is 21.1 Å².